The maximum Gasteiger partial charge on any atom is 0.451 e. The molecular weight excluding hydrogens is 251 g/mol. The quantitative estimate of drug-likeness (QED) is 0.474. The zero-order valence-corrected chi connectivity index (χ0v) is 9.20. The molecular formula is C9H12F3N5O. The van der Waals surface area contributed by atoms with Gasteiger partial charge in [-0.15, -0.1) is 0 Å². The Hall–Kier alpha value is -1.61. The lowest BCUT2D eigenvalue weighted by molar-refractivity contribution is -0.144. The molecule has 1 aromatic rings. The molecule has 1 fully saturated rings. The van der Waals surface area contributed by atoms with Crippen LogP contribution in [0.25, 0.3) is 0 Å². The third kappa shape index (κ3) is 2.79. The highest BCUT2D eigenvalue weighted by Crippen LogP contribution is 2.29. The van der Waals surface area contributed by atoms with Gasteiger partial charge in [-0.3, -0.25) is 0 Å². The van der Waals surface area contributed by atoms with Crippen LogP contribution in [0.1, 0.15) is 18.7 Å². The van der Waals surface area contributed by atoms with Gasteiger partial charge in [0.25, 0.3) is 0 Å². The highest BCUT2D eigenvalue weighted by atomic mass is 19.4. The van der Waals surface area contributed by atoms with Crippen molar-refractivity contribution in [3.05, 3.63) is 11.9 Å². The standard InChI is InChI=1S/C9H12F3N5O/c10-9(11,12)8-15-6(3-7(16-8)17-13)14-4-1-5(18)2-4/h3-5,18H,1-2,13H2,(H2,14,15,16,17). The van der Waals surface area contributed by atoms with Crippen LogP contribution >= 0.6 is 0 Å². The van der Waals surface area contributed by atoms with Gasteiger partial charge < -0.3 is 15.8 Å². The summed E-state index contributed by atoms with van der Waals surface area (Å²) in [7, 11) is 0. The lowest BCUT2D eigenvalue weighted by Gasteiger charge is -2.32. The second-order valence-electron chi connectivity index (χ2n) is 4.07. The zero-order valence-electron chi connectivity index (χ0n) is 9.20. The van der Waals surface area contributed by atoms with Gasteiger partial charge in [0.05, 0.1) is 6.10 Å². The number of alkyl halides is 3. The van der Waals surface area contributed by atoms with Gasteiger partial charge in [-0.1, -0.05) is 0 Å². The molecule has 6 nitrogen and oxygen atoms in total. The van der Waals surface area contributed by atoms with E-state index >= 15 is 0 Å². The van der Waals surface area contributed by atoms with Crippen LogP contribution < -0.4 is 16.6 Å². The molecule has 100 valence electrons. The average Bonchev–Trinajstić information content (AvgIpc) is 2.25. The minimum atomic E-state index is -4.64. The number of nitrogens with two attached hydrogens (primary N) is 1. The monoisotopic (exact) mass is 263 g/mol. The molecule has 1 aliphatic carbocycles. The van der Waals surface area contributed by atoms with Gasteiger partial charge in [-0.25, -0.2) is 15.8 Å². The molecule has 1 saturated carbocycles. The van der Waals surface area contributed by atoms with Crippen molar-refractivity contribution in [1.82, 2.24) is 9.97 Å². The van der Waals surface area contributed by atoms with Crippen molar-refractivity contribution in [2.75, 3.05) is 10.7 Å². The molecule has 0 aromatic carbocycles. The molecule has 0 atom stereocenters. The average molecular weight is 263 g/mol. The Morgan fingerprint density at radius 2 is 1.89 bits per heavy atom. The van der Waals surface area contributed by atoms with Crippen molar-refractivity contribution in [3.63, 3.8) is 0 Å². The molecule has 0 saturated heterocycles. The van der Waals surface area contributed by atoms with E-state index in [-0.39, 0.29) is 17.7 Å². The summed E-state index contributed by atoms with van der Waals surface area (Å²) in [6.45, 7) is 0. The Kier molecular flexibility index (Phi) is 3.26. The fraction of sp³-hybridized carbons (Fsp3) is 0.556. The van der Waals surface area contributed by atoms with Crippen molar-refractivity contribution in [2.24, 2.45) is 5.84 Å². The summed E-state index contributed by atoms with van der Waals surface area (Å²) in [4.78, 5) is 6.60. The molecule has 1 heterocycles. The van der Waals surface area contributed by atoms with E-state index in [0.717, 1.165) is 0 Å². The summed E-state index contributed by atoms with van der Waals surface area (Å²) in [5, 5.41) is 11.9. The Morgan fingerprint density at radius 1 is 1.28 bits per heavy atom. The molecule has 0 bridgehead atoms. The van der Waals surface area contributed by atoms with Crippen LogP contribution in [0.3, 0.4) is 0 Å². The summed E-state index contributed by atoms with van der Waals surface area (Å²) in [6, 6.07) is 1.20. The third-order valence-electron chi connectivity index (χ3n) is 2.59. The minimum Gasteiger partial charge on any atom is -0.393 e. The van der Waals surface area contributed by atoms with Gasteiger partial charge in [0, 0.05) is 12.1 Å². The van der Waals surface area contributed by atoms with Crippen LogP contribution in [0, 0.1) is 0 Å². The van der Waals surface area contributed by atoms with Crippen LogP contribution in [0.5, 0.6) is 0 Å². The predicted molar refractivity (Wildman–Crippen MR) is 57.5 cm³/mol. The van der Waals surface area contributed by atoms with Gasteiger partial charge in [-0.05, 0) is 12.8 Å². The Balaban J connectivity index is 2.18. The Morgan fingerprint density at radius 3 is 2.39 bits per heavy atom. The van der Waals surface area contributed by atoms with Gasteiger partial charge in [-0.2, -0.15) is 13.2 Å². The number of aromatic nitrogens is 2. The summed E-state index contributed by atoms with van der Waals surface area (Å²) >= 11 is 0. The molecule has 0 amide bonds. The first-order valence-electron chi connectivity index (χ1n) is 5.26. The van der Waals surface area contributed by atoms with Crippen molar-refractivity contribution in [1.29, 1.82) is 0 Å². The number of aliphatic hydroxyl groups is 1. The minimum absolute atomic E-state index is 0.0298. The van der Waals surface area contributed by atoms with E-state index in [1.165, 1.54) is 6.07 Å². The summed E-state index contributed by atoms with van der Waals surface area (Å²) in [5.74, 6) is 3.70. The Labute approximate surface area is 100 Å². The molecule has 5 N–H and O–H groups in total. The number of hydrogen-bond acceptors (Lipinski definition) is 6. The molecule has 9 heteroatoms. The van der Waals surface area contributed by atoms with Crippen molar-refractivity contribution >= 4 is 11.6 Å². The highest BCUT2D eigenvalue weighted by Gasteiger charge is 2.36. The smallest absolute Gasteiger partial charge is 0.393 e. The molecule has 18 heavy (non-hydrogen) atoms. The summed E-state index contributed by atoms with van der Waals surface area (Å²) in [5.41, 5.74) is 2.06. The van der Waals surface area contributed by atoms with E-state index in [0.29, 0.717) is 12.8 Å². The van der Waals surface area contributed by atoms with Crippen molar-refractivity contribution in [3.8, 4) is 0 Å². The number of aliphatic hydroxyl groups excluding tert-OH is 1. The number of hydrogen-bond donors (Lipinski definition) is 4. The topological polar surface area (TPSA) is 96.1 Å². The normalized spacial score (nSPS) is 23.4. The van der Waals surface area contributed by atoms with Crippen LogP contribution in [0.4, 0.5) is 24.8 Å². The van der Waals surface area contributed by atoms with Gasteiger partial charge >= 0.3 is 6.18 Å². The van der Waals surface area contributed by atoms with E-state index in [1.807, 2.05) is 0 Å². The lowest BCUT2D eigenvalue weighted by atomic mass is 9.89. The van der Waals surface area contributed by atoms with Gasteiger partial charge in [0.1, 0.15) is 11.6 Å². The van der Waals surface area contributed by atoms with Crippen LogP contribution in [-0.4, -0.2) is 27.2 Å². The SMILES string of the molecule is NNc1cc(NC2CC(O)C2)nc(C(F)(F)F)n1. The largest absolute Gasteiger partial charge is 0.451 e. The number of nitrogens with one attached hydrogen (secondary N) is 2. The molecule has 1 aliphatic rings. The summed E-state index contributed by atoms with van der Waals surface area (Å²) in [6.07, 6.45) is -4.07. The summed E-state index contributed by atoms with van der Waals surface area (Å²) < 4.78 is 37.6. The van der Waals surface area contributed by atoms with Crippen LogP contribution in [0.15, 0.2) is 6.07 Å². The lowest BCUT2D eigenvalue weighted by Crippen LogP contribution is -2.39. The van der Waals surface area contributed by atoms with E-state index in [1.54, 1.807) is 0 Å². The first kappa shape index (κ1) is 12.8. The number of anilines is 2. The fourth-order valence-corrected chi connectivity index (χ4v) is 1.64. The number of rotatable bonds is 3. The van der Waals surface area contributed by atoms with Crippen LogP contribution in [-0.2, 0) is 6.18 Å². The number of nitrogen functional groups attached to an aromatic ring is 1. The number of hydrazine groups is 1. The fourth-order valence-electron chi connectivity index (χ4n) is 1.64. The molecule has 1 aromatic heterocycles. The van der Waals surface area contributed by atoms with E-state index in [9.17, 15) is 13.2 Å². The second-order valence-corrected chi connectivity index (χ2v) is 4.07. The first-order valence-corrected chi connectivity index (χ1v) is 5.26. The maximum absolute atomic E-state index is 12.5. The zero-order chi connectivity index (χ0) is 13.3. The van der Waals surface area contributed by atoms with Gasteiger partial charge in [0.2, 0.25) is 5.82 Å². The highest BCUT2D eigenvalue weighted by molar-refractivity contribution is 5.48. The van der Waals surface area contributed by atoms with E-state index in [2.05, 4.69) is 20.7 Å². The van der Waals surface area contributed by atoms with E-state index < -0.39 is 18.1 Å². The van der Waals surface area contributed by atoms with E-state index in [4.69, 9.17) is 10.9 Å². The molecule has 0 radical (unpaired) electrons. The predicted octanol–water partition coefficient (Wildman–Crippen LogP) is 0.716. The first-order chi connectivity index (χ1) is 8.38. The van der Waals surface area contributed by atoms with Crippen molar-refractivity contribution < 1.29 is 18.3 Å². The van der Waals surface area contributed by atoms with Gasteiger partial charge in [0.15, 0.2) is 0 Å². The third-order valence-corrected chi connectivity index (χ3v) is 2.59. The number of halogens is 3. The van der Waals surface area contributed by atoms with Crippen LogP contribution in [0.2, 0.25) is 0 Å². The Bertz CT molecular complexity index is 433. The maximum atomic E-state index is 12.5. The molecule has 0 spiro atoms. The second kappa shape index (κ2) is 4.58. The molecule has 2 rings (SSSR count). The number of nitrogens with zero attached hydrogens (tertiary/aromatic N) is 2. The molecule has 0 aliphatic heterocycles. The molecule has 0 unspecified atom stereocenters. The van der Waals surface area contributed by atoms with Crippen molar-refractivity contribution in [2.45, 2.75) is 31.2 Å².